The van der Waals surface area contributed by atoms with Gasteiger partial charge in [-0.1, -0.05) is 11.6 Å². The van der Waals surface area contributed by atoms with Crippen LogP contribution in [0, 0.1) is 6.92 Å². The Hall–Kier alpha value is -1.03. The van der Waals surface area contributed by atoms with E-state index in [1.165, 1.54) is 22.2 Å². The molecule has 1 aliphatic heterocycles. The molecule has 0 aliphatic carbocycles. The number of aromatic nitrogens is 1. The SMILES string of the molecule is Cc1c(C2CNCCN2C)[nH]c2ccc(Cl)cc12. The Balaban J connectivity index is 2.08. The van der Waals surface area contributed by atoms with Gasteiger partial charge in [0.15, 0.2) is 0 Å². The number of H-pyrrole nitrogens is 1. The van der Waals surface area contributed by atoms with E-state index in [4.69, 9.17) is 11.6 Å². The van der Waals surface area contributed by atoms with Crippen LogP contribution in [0.25, 0.3) is 10.9 Å². The van der Waals surface area contributed by atoms with Crippen LogP contribution in [0.3, 0.4) is 0 Å². The second kappa shape index (κ2) is 4.57. The Morgan fingerprint density at radius 3 is 3.00 bits per heavy atom. The summed E-state index contributed by atoms with van der Waals surface area (Å²) in [7, 11) is 2.18. The van der Waals surface area contributed by atoms with Crippen LogP contribution >= 0.6 is 11.6 Å². The second-order valence-corrected chi connectivity index (χ2v) is 5.49. The van der Waals surface area contributed by atoms with Crippen molar-refractivity contribution < 1.29 is 0 Å². The number of benzene rings is 1. The number of nitrogens with zero attached hydrogens (tertiary/aromatic N) is 1. The number of rotatable bonds is 1. The molecule has 4 heteroatoms. The Bertz CT molecular complexity index is 576. The standard InChI is InChI=1S/C14H18ClN3/c1-9-11-7-10(15)3-4-12(11)17-14(9)13-8-16-5-6-18(13)2/h3-4,7,13,16-17H,5-6,8H2,1-2H3. The van der Waals surface area contributed by atoms with E-state index in [2.05, 4.69) is 35.2 Å². The summed E-state index contributed by atoms with van der Waals surface area (Å²) in [6.07, 6.45) is 0. The quantitative estimate of drug-likeness (QED) is 0.829. The Labute approximate surface area is 112 Å². The fraction of sp³-hybridized carbons (Fsp3) is 0.429. The van der Waals surface area contributed by atoms with Crippen molar-refractivity contribution in [2.75, 3.05) is 26.7 Å². The number of halogens is 1. The first kappa shape index (κ1) is 12.0. The minimum atomic E-state index is 0.421. The van der Waals surface area contributed by atoms with Crippen molar-refractivity contribution in [1.29, 1.82) is 0 Å². The molecule has 1 aromatic carbocycles. The number of fused-ring (bicyclic) bond motifs is 1. The van der Waals surface area contributed by atoms with Crippen LogP contribution in [0.15, 0.2) is 18.2 Å². The lowest BCUT2D eigenvalue weighted by Gasteiger charge is -2.33. The molecule has 96 valence electrons. The summed E-state index contributed by atoms with van der Waals surface area (Å²) < 4.78 is 0. The smallest absolute Gasteiger partial charge is 0.0625 e. The number of likely N-dealkylation sites (N-methyl/N-ethyl adjacent to an activating group) is 1. The normalized spacial score (nSPS) is 21.6. The van der Waals surface area contributed by atoms with Gasteiger partial charge in [0, 0.05) is 41.3 Å². The van der Waals surface area contributed by atoms with Crippen molar-refractivity contribution in [3.63, 3.8) is 0 Å². The minimum absolute atomic E-state index is 0.421. The summed E-state index contributed by atoms with van der Waals surface area (Å²) in [4.78, 5) is 5.95. The molecule has 0 saturated carbocycles. The van der Waals surface area contributed by atoms with E-state index < -0.39 is 0 Å². The van der Waals surface area contributed by atoms with E-state index in [1.807, 2.05) is 12.1 Å². The number of hydrogen-bond acceptors (Lipinski definition) is 2. The van der Waals surface area contributed by atoms with E-state index in [1.54, 1.807) is 0 Å². The second-order valence-electron chi connectivity index (χ2n) is 5.05. The molecule has 3 rings (SSSR count). The Morgan fingerprint density at radius 1 is 1.39 bits per heavy atom. The van der Waals surface area contributed by atoms with Crippen LogP contribution in [-0.4, -0.2) is 36.6 Å². The van der Waals surface area contributed by atoms with Gasteiger partial charge < -0.3 is 10.3 Å². The lowest BCUT2D eigenvalue weighted by Crippen LogP contribution is -2.44. The lowest BCUT2D eigenvalue weighted by molar-refractivity contribution is 0.198. The van der Waals surface area contributed by atoms with Gasteiger partial charge in [-0.25, -0.2) is 0 Å². The molecule has 1 fully saturated rings. The third-order valence-electron chi connectivity index (χ3n) is 3.90. The van der Waals surface area contributed by atoms with Gasteiger partial charge in [0.25, 0.3) is 0 Å². The summed E-state index contributed by atoms with van der Waals surface area (Å²) >= 11 is 6.08. The zero-order chi connectivity index (χ0) is 12.7. The molecule has 1 aliphatic rings. The predicted molar refractivity (Wildman–Crippen MR) is 76.3 cm³/mol. The maximum Gasteiger partial charge on any atom is 0.0625 e. The van der Waals surface area contributed by atoms with Gasteiger partial charge in [-0.05, 0) is 37.7 Å². The summed E-state index contributed by atoms with van der Waals surface area (Å²) in [5.74, 6) is 0. The monoisotopic (exact) mass is 263 g/mol. The highest BCUT2D eigenvalue weighted by molar-refractivity contribution is 6.31. The number of hydrogen-bond donors (Lipinski definition) is 2. The third kappa shape index (κ3) is 1.92. The van der Waals surface area contributed by atoms with Crippen molar-refractivity contribution in [1.82, 2.24) is 15.2 Å². The van der Waals surface area contributed by atoms with Crippen LogP contribution in [0.1, 0.15) is 17.3 Å². The van der Waals surface area contributed by atoms with Gasteiger partial charge in [-0.3, -0.25) is 4.90 Å². The predicted octanol–water partition coefficient (Wildman–Crippen LogP) is 2.71. The van der Waals surface area contributed by atoms with E-state index >= 15 is 0 Å². The van der Waals surface area contributed by atoms with Gasteiger partial charge in [0.05, 0.1) is 6.04 Å². The first-order valence-electron chi connectivity index (χ1n) is 6.35. The maximum atomic E-state index is 6.08. The zero-order valence-corrected chi connectivity index (χ0v) is 11.5. The minimum Gasteiger partial charge on any atom is -0.357 e. The van der Waals surface area contributed by atoms with Crippen molar-refractivity contribution in [2.24, 2.45) is 0 Å². The van der Waals surface area contributed by atoms with Gasteiger partial charge in [0.1, 0.15) is 0 Å². The summed E-state index contributed by atoms with van der Waals surface area (Å²) in [5.41, 5.74) is 3.79. The summed E-state index contributed by atoms with van der Waals surface area (Å²) in [6.45, 7) is 5.32. The molecule has 1 aromatic heterocycles. The van der Waals surface area contributed by atoms with Crippen LogP contribution in [0.2, 0.25) is 5.02 Å². The summed E-state index contributed by atoms with van der Waals surface area (Å²) in [5, 5.41) is 5.49. The highest BCUT2D eigenvalue weighted by atomic mass is 35.5. The molecule has 3 nitrogen and oxygen atoms in total. The molecular formula is C14H18ClN3. The first-order valence-corrected chi connectivity index (χ1v) is 6.73. The highest BCUT2D eigenvalue weighted by Gasteiger charge is 2.24. The third-order valence-corrected chi connectivity index (χ3v) is 4.14. The van der Waals surface area contributed by atoms with Crippen molar-refractivity contribution in [2.45, 2.75) is 13.0 Å². The fourth-order valence-corrected chi connectivity index (χ4v) is 2.95. The maximum absolute atomic E-state index is 6.08. The van der Waals surface area contributed by atoms with E-state index in [0.29, 0.717) is 6.04 Å². The Morgan fingerprint density at radius 2 is 2.22 bits per heavy atom. The topological polar surface area (TPSA) is 31.1 Å². The van der Waals surface area contributed by atoms with Crippen molar-refractivity contribution in [3.8, 4) is 0 Å². The molecule has 2 aromatic rings. The average molecular weight is 264 g/mol. The molecule has 0 spiro atoms. The molecule has 18 heavy (non-hydrogen) atoms. The van der Waals surface area contributed by atoms with E-state index in [9.17, 15) is 0 Å². The molecule has 1 saturated heterocycles. The molecule has 1 atom stereocenters. The zero-order valence-electron chi connectivity index (χ0n) is 10.8. The number of piperazine rings is 1. The van der Waals surface area contributed by atoms with Crippen molar-refractivity contribution in [3.05, 3.63) is 34.5 Å². The van der Waals surface area contributed by atoms with Crippen LogP contribution in [0.4, 0.5) is 0 Å². The van der Waals surface area contributed by atoms with Gasteiger partial charge in [-0.15, -0.1) is 0 Å². The van der Waals surface area contributed by atoms with Crippen molar-refractivity contribution >= 4 is 22.5 Å². The lowest BCUT2D eigenvalue weighted by atomic mass is 10.1. The number of nitrogens with one attached hydrogen (secondary N) is 2. The Kier molecular flexibility index (Phi) is 3.06. The van der Waals surface area contributed by atoms with Crippen LogP contribution in [0.5, 0.6) is 0 Å². The van der Waals surface area contributed by atoms with Gasteiger partial charge >= 0.3 is 0 Å². The number of aromatic amines is 1. The average Bonchev–Trinajstić information content (AvgIpc) is 2.68. The fourth-order valence-electron chi connectivity index (χ4n) is 2.78. The van der Waals surface area contributed by atoms with Gasteiger partial charge in [0.2, 0.25) is 0 Å². The largest absolute Gasteiger partial charge is 0.357 e. The first-order chi connectivity index (χ1) is 8.66. The van der Waals surface area contributed by atoms with E-state index in [-0.39, 0.29) is 0 Å². The highest BCUT2D eigenvalue weighted by Crippen LogP contribution is 2.30. The summed E-state index contributed by atoms with van der Waals surface area (Å²) in [6, 6.07) is 6.46. The molecule has 0 radical (unpaired) electrons. The molecule has 0 amide bonds. The molecule has 1 unspecified atom stereocenters. The van der Waals surface area contributed by atoms with Crippen LogP contribution in [-0.2, 0) is 0 Å². The molecule has 0 bridgehead atoms. The molecule has 2 heterocycles. The van der Waals surface area contributed by atoms with Gasteiger partial charge in [-0.2, -0.15) is 0 Å². The molecule has 2 N–H and O–H groups in total. The van der Waals surface area contributed by atoms with E-state index in [0.717, 1.165) is 24.7 Å². The van der Waals surface area contributed by atoms with Crippen LogP contribution < -0.4 is 5.32 Å². The molecular weight excluding hydrogens is 246 g/mol. The number of aryl methyl sites for hydroxylation is 1.